The summed E-state index contributed by atoms with van der Waals surface area (Å²) in [5, 5.41) is 0. The molecule has 0 atom stereocenters. The van der Waals surface area contributed by atoms with Gasteiger partial charge in [-0.2, -0.15) is 0 Å². The van der Waals surface area contributed by atoms with Crippen molar-refractivity contribution in [2.24, 2.45) is 0 Å². The average Bonchev–Trinajstić information content (AvgIpc) is 2.33. The third-order valence-corrected chi connectivity index (χ3v) is 2.95. The van der Waals surface area contributed by atoms with Gasteiger partial charge in [0.2, 0.25) is 0 Å². The van der Waals surface area contributed by atoms with Crippen LogP contribution in [-0.2, 0) is 9.53 Å². The Bertz CT molecular complexity index is 564. The second kappa shape index (κ2) is 6.68. The molecule has 5 heteroatoms. The van der Waals surface area contributed by atoms with Gasteiger partial charge in [-0.05, 0) is 26.6 Å². The van der Waals surface area contributed by atoms with E-state index in [1.807, 2.05) is 25.1 Å². The minimum Gasteiger partial charge on any atom is -0.425 e. The zero-order chi connectivity index (χ0) is 14.0. The molecule has 0 fully saturated rings. The quantitative estimate of drug-likeness (QED) is 0.804. The molecule has 0 N–H and O–H groups in total. The van der Waals surface area contributed by atoms with Gasteiger partial charge in [0.15, 0.2) is 5.78 Å². The number of nitrogens with zero attached hydrogens (tertiary/aromatic N) is 1. The lowest BCUT2D eigenvalue weighted by Gasteiger charge is -2.20. The minimum absolute atomic E-state index is 0. The maximum absolute atomic E-state index is 11.9. The number of likely N-dealkylation sites (N-methyl/N-ethyl adjacent to an activating group) is 1. The highest BCUT2D eigenvalue weighted by molar-refractivity contribution is 6.05. The Labute approximate surface area is 124 Å². The van der Waals surface area contributed by atoms with E-state index in [4.69, 9.17) is 4.74 Å². The molecule has 0 spiro atoms. The van der Waals surface area contributed by atoms with E-state index in [1.165, 1.54) is 0 Å². The fourth-order valence-electron chi connectivity index (χ4n) is 2.12. The van der Waals surface area contributed by atoms with Gasteiger partial charge < -0.3 is 4.74 Å². The van der Waals surface area contributed by atoms with Crippen LogP contribution in [0.3, 0.4) is 0 Å². The average molecular weight is 296 g/mol. The number of fused-ring (bicyclic) bond motifs is 1. The first kappa shape index (κ1) is 16.4. The maximum atomic E-state index is 11.9. The summed E-state index contributed by atoms with van der Waals surface area (Å²) in [5.74, 6) is 0.283. The van der Waals surface area contributed by atoms with Gasteiger partial charge in [-0.25, -0.2) is 0 Å². The summed E-state index contributed by atoms with van der Waals surface area (Å²) in [5.41, 5.74) is 2.14. The largest absolute Gasteiger partial charge is 0.425 e. The number of carbonyl (C=O) groups is 2. The molecule has 1 aromatic carbocycles. The second-order valence-electron chi connectivity index (χ2n) is 4.97. The van der Waals surface area contributed by atoms with Crippen molar-refractivity contribution in [3.63, 3.8) is 0 Å². The summed E-state index contributed by atoms with van der Waals surface area (Å²) in [6.45, 7) is 2.04. The number of allylic oxidation sites excluding steroid dienone is 1. The molecule has 1 aromatic rings. The number of halogens is 1. The third kappa shape index (κ3) is 3.46. The second-order valence-corrected chi connectivity index (χ2v) is 4.97. The summed E-state index contributed by atoms with van der Waals surface area (Å²) in [6, 6.07) is 7.24. The van der Waals surface area contributed by atoms with Crippen LogP contribution in [0.4, 0.5) is 0 Å². The Morgan fingerprint density at radius 3 is 2.45 bits per heavy atom. The van der Waals surface area contributed by atoms with Crippen molar-refractivity contribution in [2.45, 2.75) is 13.3 Å². The van der Waals surface area contributed by atoms with E-state index >= 15 is 0 Å². The smallest absolute Gasteiger partial charge is 0.325 e. The molecule has 0 amide bonds. The van der Waals surface area contributed by atoms with Gasteiger partial charge >= 0.3 is 5.97 Å². The van der Waals surface area contributed by atoms with Crippen LogP contribution in [0, 0.1) is 0 Å². The highest BCUT2D eigenvalue weighted by Crippen LogP contribution is 2.31. The van der Waals surface area contributed by atoms with E-state index in [0.29, 0.717) is 23.3 Å². The zero-order valence-corrected chi connectivity index (χ0v) is 12.6. The lowest BCUT2D eigenvalue weighted by molar-refractivity contribution is -0.137. The number of carbonyl (C=O) groups excluding carboxylic acids is 2. The molecule has 0 unspecified atom stereocenters. The lowest BCUT2D eigenvalue weighted by Crippen LogP contribution is -2.24. The van der Waals surface area contributed by atoms with Crippen LogP contribution in [0.2, 0.25) is 0 Å². The SMILES string of the molecule is CC1=C(OC(=O)CN(C)C)c2ccccc2C(=O)C1.Cl. The molecule has 0 saturated heterocycles. The Morgan fingerprint density at radius 1 is 1.25 bits per heavy atom. The van der Waals surface area contributed by atoms with Crippen molar-refractivity contribution in [3.8, 4) is 0 Å². The summed E-state index contributed by atoms with van der Waals surface area (Å²) in [7, 11) is 3.61. The predicted octanol–water partition coefficient (Wildman–Crippen LogP) is 2.53. The molecular weight excluding hydrogens is 278 g/mol. The number of ether oxygens (including phenoxy) is 1. The Balaban J connectivity index is 0.00000200. The first-order valence-corrected chi connectivity index (χ1v) is 6.17. The highest BCUT2D eigenvalue weighted by Gasteiger charge is 2.25. The summed E-state index contributed by atoms with van der Waals surface area (Å²) >= 11 is 0. The van der Waals surface area contributed by atoms with E-state index in [2.05, 4.69) is 0 Å². The first-order chi connectivity index (χ1) is 8.99. The molecule has 108 valence electrons. The van der Waals surface area contributed by atoms with Crippen LogP contribution in [-0.4, -0.2) is 37.3 Å². The Morgan fingerprint density at radius 2 is 1.85 bits per heavy atom. The number of hydrogen-bond donors (Lipinski definition) is 0. The first-order valence-electron chi connectivity index (χ1n) is 6.17. The summed E-state index contributed by atoms with van der Waals surface area (Å²) < 4.78 is 5.44. The van der Waals surface area contributed by atoms with E-state index < -0.39 is 0 Å². The summed E-state index contributed by atoms with van der Waals surface area (Å²) in [6.07, 6.45) is 0.307. The summed E-state index contributed by atoms with van der Waals surface area (Å²) in [4.78, 5) is 25.4. The van der Waals surface area contributed by atoms with Crippen LogP contribution >= 0.6 is 12.4 Å². The fraction of sp³-hybridized carbons (Fsp3) is 0.333. The third-order valence-electron chi connectivity index (χ3n) is 2.95. The van der Waals surface area contributed by atoms with Crippen LogP contribution in [0.25, 0.3) is 5.76 Å². The predicted molar refractivity (Wildman–Crippen MR) is 79.9 cm³/mol. The molecular formula is C15H18ClNO3. The van der Waals surface area contributed by atoms with Gasteiger partial charge in [-0.3, -0.25) is 14.5 Å². The van der Waals surface area contributed by atoms with Crippen LogP contribution in [0.5, 0.6) is 0 Å². The lowest BCUT2D eigenvalue weighted by atomic mass is 9.90. The topological polar surface area (TPSA) is 46.6 Å². The van der Waals surface area contributed by atoms with Crippen molar-refractivity contribution >= 4 is 29.9 Å². The zero-order valence-electron chi connectivity index (χ0n) is 11.8. The Kier molecular flexibility index (Phi) is 5.48. The minimum atomic E-state index is -0.316. The van der Waals surface area contributed by atoms with Gasteiger partial charge in [-0.15, -0.1) is 12.4 Å². The number of Topliss-reactive ketones (excluding diaryl/α,β-unsaturated/α-hetero) is 1. The molecule has 0 aliphatic heterocycles. The van der Waals surface area contributed by atoms with Gasteiger partial charge in [0.25, 0.3) is 0 Å². The molecule has 20 heavy (non-hydrogen) atoms. The number of esters is 1. The molecule has 4 nitrogen and oxygen atoms in total. The number of benzene rings is 1. The number of rotatable bonds is 3. The van der Waals surface area contributed by atoms with Crippen LogP contribution < -0.4 is 0 Å². The van der Waals surface area contributed by atoms with Crippen molar-refractivity contribution in [1.82, 2.24) is 4.90 Å². The molecule has 1 aliphatic rings. The number of hydrogen-bond acceptors (Lipinski definition) is 4. The van der Waals surface area contributed by atoms with Crippen LogP contribution in [0.15, 0.2) is 29.8 Å². The normalized spacial score (nSPS) is 13.9. The molecule has 2 rings (SSSR count). The van der Waals surface area contributed by atoms with Gasteiger partial charge in [0.05, 0.1) is 6.54 Å². The van der Waals surface area contributed by atoms with Gasteiger partial charge in [0.1, 0.15) is 5.76 Å². The van der Waals surface area contributed by atoms with Crippen molar-refractivity contribution in [3.05, 3.63) is 41.0 Å². The highest BCUT2D eigenvalue weighted by atomic mass is 35.5. The number of ketones is 1. The molecule has 0 heterocycles. The molecule has 0 saturated carbocycles. The molecule has 0 aromatic heterocycles. The maximum Gasteiger partial charge on any atom is 0.325 e. The van der Waals surface area contributed by atoms with Crippen molar-refractivity contribution in [1.29, 1.82) is 0 Å². The van der Waals surface area contributed by atoms with E-state index in [9.17, 15) is 9.59 Å². The monoisotopic (exact) mass is 295 g/mol. The van der Waals surface area contributed by atoms with E-state index in [1.54, 1.807) is 25.1 Å². The molecule has 0 bridgehead atoms. The fourth-order valence-corrected chi connectivity index (χ4v) is 2.12. The van der Waals surface area contributed by atoms with E-state index in [-0.39, 0.29) is 30.7 Å². The van der Waals surface area contributed by atoms with Crippen molar-refractivity contribution in [2.75, 3.05) is 20.6 Å². The van der Waals surface area contributed by atoms with Gasteiger partial charge in [-0.1, -0.05) is 24.3 Å². The van der Waals surface area contributed by atoms with Crippen LogP contribution in [0.1, 0.15) is 29.3 Å². The standard InChI is InChI=1S/C15H17NO3.ClH/c1-10-8-13(17)11-6-4-5-7-12(11)15(10)19-14(18)9-16(2)3;/h4-7H,8-9H2,1-3H3;1H. The van der Waals surface area contributed by atoms with E-state index in [0.717, 1.165) is 5.57 Å². The molecule has 1 aliphatic carbocycles. The molecule has 0 radical (unpaired) electrons. The Hall–Kier alpha value is -1.65. The van der Waals surface area contributed by atoms with Crippen molar-refractivity contribution < 1.29 is 14.3 Å². The van der Waals surface area contributed by atoms with Gasteiger partial charge in [0, 0.05) is 17.5 Å².